The van der Waals surface area contributed by atoms with Gasteiger partial charge in [-0.15, -0.1) is 0 Å². The van der Waals surface area contributed by atoms with Crippen LogP contribution in [0, 0.1) is 0 Å². The molecule has 1 saturated carbocycles. The van der Waals surface area contributed by atoms with Crippen molar-refractivity contribution in [3.8, 4) is 11.5 Å². The molecule has 9 heteroatoms. The van der Waals surface area contributed by atoms with Crippen molar-refractivity contribution in [1.29, 1.82) is 0 Å². The van der Waals surface area contributed by atoms with Gasteiger partial charge in [-0.25, -0.2) is 4.98 Å². The van der Waals surface area contributed by atoms with Gasteiger partial charge in [0.25, 0.3) is 0 Å². The summed E-state index contributed by atoms with van der Waals surface area (Å²) in [6, 6.07) is 14.0. The fourth-order valence-electron chi connectivity index (χ4n) is 3.99. The van der Waals surface area contributed by atoms with E-state index in [2.05, 4.69) is 20.6 Å². The lowest BCUT2D eigenvalue weighted by Gasteiger charge is -2.23. The molecule has 0 radical (unpaired) electrons. The number of aromatic nitrogens is 2. The molecule has 1 aliphatic carbocycles. The van der Waals surface area contributed by atoms with Gasteiger partial charge in [0, 0.05) is 23.6 Å². The van der Waals surface area contributed by atoms with E-state index in [0.717, 1.165) is 31.9 Å². The summed E-state index contributed by atoms with van der Waals surface area (Å²) in [5.41, 5.74) is -0.238. The molecule has 1 fully saturated rings. The van der Waals surface area contributed by atoms with Gasteiger partial charge in [0.1, 0.15) is 28.5 Å². The van der Waals surface area contributed by atoms with E-state index in [0.29, 0.717) is 22.9 Å². The topological polar surface area (TPSA) is 68.3 Å². The summed E-state index contributed by atoms with van der Waals surface area (Å²) in [7, 11) is 0. The molecule has 192 valence electrons. The van der Waals surface area contributed by atoms with E-state index in [1.807, 2.05) is 26.8 Å². The lowest BCUT2D eigenvalue weighted by molar-refractivity contribution is -0.137. The molecule has 4 rings (SSSR count). The van der Waals surface area contributed by atoms with Gasteiger partial charge in [-0.2, -0.15) is 18.2 Å². The fourth-order valence-corrected chi connectivity index (χ4v) is 3.99. The minimum atomic E-state index is -4.62. The smallest absolute Gasteiger partial charge is 0.421 e. The molecule has 0 saturated heterocycles. The van der Waals surface area contributed by atoms with Crippen LogP contribution in [-0.4, -0.2) is 21.7 Å². The minimum absolute atomic E-state index is 0.0320. The Labute approximate surface area is 209 Å². The predicted octanol–water partition coefficient (Wildman–Crippen LogP) is 7.87. The third-order valence-corrected chi connectivity index (χ3v) is 5.58. The molecule has 0 aliphatic heterocycles. The van der Waals surface area contributed by atoms with Crippen molar-refractivity contribution in [1.82, 2.24) is 9.97 Å². The maximum absolute atomic E-state index is 13.7. The summed E-state index contributed by atoms with van der Waals surface area (Å²) in [5, 5.41) is 5.76. The standard InChI is InChI=1S/C27H31F3N4O2/c1-26(2,3)36-21-14-12-18(13-15-21)33-25-31-17-23(27(28,29)30)24(34-25)32-19-8-7-11-22(16-19)35-20-9-5-4-6-10-20/h7-8,11-17,20H,4-6,9-10H2,1-3H3,(H2,31,32,33,34). The first-order chi connectivity index (χ1) is 17.0. The largest absolute Gasteiger partial charge is 0.490 e. The van der Waals surface area contributed by atoms with E-state index in [1.165, 1.54) is 6.42 Å². The van der Waals surface area contributed by atoms with Crippen LogP contribution in [0.1, 0.15) is 58.4 Å². The summed E-state index contributed by atoms with van der Waals surface area (Å²) >= 11 is 0. The molecule has 1 aromatic heterocycles. The average molecular weight is 501 g/mol. The van der Waals surface area contributed by atoms with E-state index < -0.39 is 11.7 Å². The molecular weight excluding hydrogens is 469 g/mol. The maximum Gasteiger partial charge on any atom is 0.421 e. The monoisotopic (exact) mass is 500 g/mol. The van der Waals surface area contributed by atoms with Gasteiger partial charge in [0.15, 0.2) is 0 Å². The third kappa shape index (κ3) is 7.26. The number of hydrogen-bond donors (Lipinski definition) is 2. The van der Waals surface area contributed by atoms with Gasteiger partial charge in [-0.1, -0.05) is 12.5 Å². The van der Waals surface area contributed by atoms with Crippen molar-refractivity contribution in [3.05, 3.63) is 60.3 Å². The summed E-state index contributed by atoms with van der Waals surface area (Å²) in [6.07, 6.45) is 1.72. The number of benzene rings is 2. The minimum Gasteiger partial charge on any atom is -0.490 e. The van der Waals surface area contributed by atoms with Gasteiger partial charge >= 0.3 is 6.18 Å². The van der Waals surface area contributed by atoms with Crippen LogP contribution in [0.2, 0.25) is 0 Å². The van der Waals surface area contributed by atoms with Crippen LogP contribution < -0.4 is 20.1 Å². The van der Waals surface area contributed by atoms with Crippen LogP contribution in [0.25, 0.3) is 0 Å². The van der Waals surface area contributed by atoms with Crippen molar-refractivity contribution in [2.75, 3.05) is 10.6 Å². The Bertz CT molecular complexity index is 1150. The Morgan fingerprint density at radius 1 is 0.861 bits per heavy atom. The van der Waals surface area contributed by atoms with Crippen LogP contribution in [0.3, 0.4) is 0 Å². The second-order valence-corrected chi connectivity index (χ2v) is 9.85. The number of nitrogens with one attached hydrogen (secondary N) is 2. The van der Waals surface area contributed by atoms with Gasteiger partial charge in [-0.05, 0) is 82.9 Å². The van der Waals surface area contributed by atoms with Crippen molar-refractivity contribution in [3.63, 3.8) is 0 Å². The number of hydrogen-bond acceptors (Lipinski definition) is 6. The first-order valence-corrected chi connectivity index (χ1v) is 12.1. The molecular formula is C27H31F3N4O2. The van der Waals surface area contributed by atoms with Gasteiger partial charge in [0.05, 0.1) is 6.10 Å². The first kappa shape index (κ1) is 25.6. The number of anilines is 4. The van der Waals surface area contributed by atoms with Gasteiger partial charge in [-0.3, -0.25) is 0 Å². The van der Waals surface area contributed by atoms with Crippen molar-refractivity contribution >= 4 is 23.1 Å². The quantitative estimate of drug-likeness (QED) is 0.344. The highest BCUT2D eigenvalue weighted by Crippen LogP contribution is 2.36. The fraction of sp³-hybridized carbons (Fsp3) is 0.407. The van der Waals surface area contributed by atoms with Crippen LogP contribution in [0.5, 0.6) is 11.5 Å². The Hall–Kier alpha value is -3.49. The highest BCUT2D eigenvalue weighted by atomic mass is 19.4. The van der Waals surface area contributed by atoms with Crippen LogP contribution in [-0.2, 0) is 6.18 Å². The normalized spacial score (nSPS) is 14.8. The van der Waals surface area contributed by atoms with Crippen molar-refractivity contribution < 1.29 is 22.6 Å². The molecule has 0 unspecified atom stereocenters. The van der Waals surface area contributed by atoms with Crippen LogP contribution in [0.4, 0.5) is 36.3 Å². The molecule has 1 heterocycles. The highest BCUT2D eigenvalue weighted by molar-refractivity contribution is 5.64. The average Bonchev–Trinajstić information content (AvgIpc) is 2.80. The molecule has 0 bridgehead atoms. The molecule has 2 N–H and O–H groups in total. The second kappa shape index (κ2) is 10.6. The second-order valence-electron chi connectivity index (χ2n) is 9.85. The first-order valence-electron chi connectivity index (χ1n) is 12.1. The van der Waals surface area contributed by atoms with Gasteiger partial charge in [0.2, 0.25) is 5.95 Å². The zero-order valence-electron chi connectivity index (χ0n) is 20.7. The molecule has 0 atom stereocenters. The molecule has 3 aromatic rings. The number of nitrogens with zero attached hydrogens (tertiary/aromatic N) is 2. The Kier molecular flexibility index (Phi) is 7.56. The van der Waals surface area contributed by atoms with E-state index in [1.54, 1.807) is 42.5 Å². The lowest BCUT2D eigenvalue weighted by atomic mass is 9.98. The van der Waals surface area contributed by atoms with Crippen LogP contribution in [0.15, 0.2) is 54.7 Å². The highest BCUT2D eigenvalue weighted by Gasteiger charge is 2.35. The number of halogens is 3. The molecule has 2 aromatic carbocycles. The van der Waals surface area contributed by atoms with Crippen molar-refractivity contribution in [2.45, 2.75) is 70.8 Å². The zero-order chi connectivity index (χ0) is 25.8. The lowest BCUT2D eigenvalue weighted by Crippen LogP contribution is -2.22. The summed E-state index contributed by atoms with van der Waals surface area (Å²) in [4.78, 5) is 8.01. The van der Waals surface area contributed by atoms with E-state index >= 15 is 0 Å². The Balaban J connectivity index is 1.52. The van der Waals surface area contributed by atoms with E-state index in [-0.39, 0.29) is 23.5 Å². The molecule has 0 spiro atoms. The number of ether oxygens (including phenoxy) is 2. The van der Waals surface area contributed by atoms with Crippen LogP contribution >= 0.6 is 0 Å². The summed E-state index contributed by atoms with van der Waals surface area (Å²) < 4.78 is 53.0. The summed E-state index contributed by atoms with van der Waals surface area (Å²) in [6.45, 7) is 5.84. The summed E-state index contributed by atoms with van der Waals surface area (Å²) in [5.74, 6) is 0.983. The zero-order valence-corrected chi connectivity index (χ0v) is 20.7. The Morgan fingerprint density at radius 3 is 2.25 bits per heavy atom. The SMILES string of the molecule is CC(C)(C)Oc1ccc(Nc2ncc(C(F)(F)F)c(Nc3cccc(OC4CCCCC4)c3)n2)cc1. The third-order valence-electron chi connectivity index (χ3n) is 5.58. The maximum atomic E-state index is 13.7. The number of rotatable bonds is 7. The van der Waals surface area contributed by atoms with Crippen molar-refractivity contribution in [2.24, 2.45) is 0 Å². The molecule has 1 aliphatic rings. The van der Waals surface area contributed by atoms with E-state index in [4.69, 9.17) is 9.47 Å². The Morgan fingerprint density at radius 2 is 1.58 bits per heavy atom. The molecule has 6 nitrogen and oxygen atoms in total. The van der Waals surface area contributed by atoms with Gasteiger partial charge < -0.3 is 20.1 Å². The number of alkyl halides is 3. The predicted molar refractivity (Wildman–Crippen MR) is 134 cm³/mol. The molecule has 36 heavy (non-hydrogen) atoms. The molecule has 0 amide bonds. The van der Waals surface area contributed by atoms with E-state index in [9.17, 15) is 13.2 Å².